The summed E-state index contributed by atoms with van der Waals surface area (Å²) in [6, 6.07) is 2.13. The molecule has 3 saturated heterocycles. The maximum absolute atomic E-state index is 12.9. The Balaban J connectivity index is 1.31. The van der Waals surface area contributed by atoms with Crippen LogP contribution in [-0.2, 0) is 9.47 Å². The molecular weight excluding hydrogens is 474 g/mol. The van der Waals surface area contributed by atoms with Crippen LogP contribution in [0.3, 0.4) is 0 Å². The first-order chi connectivity index (χ1) is 17.2. The summed E-state index contributed by atoms with van der Waals surface area (Å²) in [5, 5.41) is 3.95. The van der Waals surface area contributed by atoms with Gasteiger partial charge in [0.2, 0.25) is 5.95 Å². The molecule has 3 aliphatic rings. The summed E-state index contributed by atoms with van der Waals surface area (Å²) in [6.45, 7) is 15.8. The van der Waals surface area contributed by atoms with Crippen LogP contribution in [-0.4, -0.2) is 87.0 Å². The number of hydrogen-bond donors (Lipinski definition) is 2. The van der Waals surface area contributed by atoms with Crippen molar-refractivity contribution in [3.63, 3.8) is 0 Å². The molecule has 2 bridgehead atoms. The van der Waals surface area contributed by atoms with Crippen molar-refractivity contribution in [2.45, 2.75) is 90.1 Å². The van der Waals surface area contributed by atoms with Crippen molar-refractivity contribution in [1.29, 1.82) is 0 Å². The molecule has 11 heteroatoms. The molecule has 2 N–H and O–H groups in total. The molecule has 2 amide bonds. The first-order valence-corrected chi connectivity index (χ1v) is 13.1. The number of amides is 2. The van der Waals surface area contributed by atoms with Gasteiger partial charge in [-0.1, -0.05) is 0 Å². The van der Waals surface area contributed by atoms with Crippen molar-refractivity contribution in [3.05, 3.63) is 12.3 Å². The summed E-state index contributed by atoms with van der Waals surface area (Å²) in [6.07, 6.45) is 3.10. The third-order valence-corrected chi connectivity index (χ3v) is 6.94. The van der Waals surface area contributed by atoms with E-state index in [1.807, 2.05) is 65.6 Å². The number of ether oxygens (including phenoxy) is 2. The van der Waals surface area contributed by atoms with Gasteiger partial charge in [-0.15, -0.1) is 0 Å². The molecule has 0 radical (unpaired) electrons. The summed E-state index contributed by atoms with van der Waals surface area (Å²) in [4.78, 5) is 44.5. The molecule has 2 aromatic heterocycles. The number of carbonyl (C=O) groups is 2. The largest absolute Gasteiger partial charge is 0.444 e. The number of rotatable bonds is 3. The van der Waals surface area contributed by atoms with Crippen LogP contribution in [0, 0.1) is 0 Å². The van der Waals surface area contributed by atoms with Crippen LogP contribution in [0.15, 0.2) is 12.3 Å². The van der Waals surface area contributed by atoms with Crippen LogP contribution >= 0.6 is 0 Å². The predicted molar refractivity (Wildman–Crippen MR) is 141 cm³/mol. The van der Waals surface area contributed by atoms with Crippen molar-refractivity contribution in [1.82, 2.24) is 25.2 Å². The Morgan fingerprint density at radius 2 is 1.62 bits per heavy atom. The molecule has 2 atom stereocenters. The predicted octanol–water partition coefficient (Wildman–Crippen LogP) is 3.65. The summed E-state index contributed by atoms with van der Waals surface area (Å²) < 4.78 is 11.1. The molecule has 202 valence electrons. The van der Waals surface area contributed by atoms with Gasteiger partial charge in [0.15, 0.2) is 0 Å². The summed E-state index contributed by atoms with van der Waals surface area (Å²) in [7, 11) is 0. The number of hydrogen-bond acceptors (Lipinski definition) is 8. The van der Waals surface area contributed by atoms with E-state index in [0.29, 0.717) is 32.1 Å². The average Bonchev–Trinajstić information content (AvgIpc) is 3.30. The molecule has 0 spiro atoms. The number of fused-ring (bicyclic) bond motifs is 3. The topological polar surface area (TPSA) is 116 Å². The van der Waals surface area contributed by atoms with E-state index in [4.69, 9.17) is 19.4 Å². The number of carbonyl (C=O) groups excluding carboxylic acids is 2. The SMILES string of the molecule is CC1(NC(=O)OC(C)(C)C)CN(c2nc(N3C[C@H]4CC[C@@H](C3)N4C(=O)OC(C)(C)C)nc3[nH]ccc23)C1. The van der Waals surface area contributed by atoms with E-state index in [-0.39, 0.29) is 18.2 Å². The van der Waals surface area contributed by atoms with Gasteiger partial charge in [0.25, 0.3) is 0 Å². The Hall–Kier alpha value is -3.24. The Bertz CT molecular complexity index is 1180. The lowest BCUT2D eigenvalue weighted by molar-refractivity contribution is 0.0122. The fourth-order valence-electron chi connectivity index (χ4n) is 5.55. The van der Waals surface area contributed by atoms with E-state index in [0.717, 1.165) is 29.7 Å². The van der Waals surface area contributed by atoms with Crippen molar-refractivity contribution in [2.75, 3.05) is 36.0 Å². The molecule has 5 rings (SSSR count). The lowest BCUT2D eigenvalue weighted by atomic mass is 9.92. The minimum Gasteiger partial charge on any atom is -0.444 e. The maximum atomic E-state index is 12.9. The third-order valence-electron chi connectivity index (χ3n) is 6.94. The second-order valence-corrected chi connectivity index (χ2v) is 12.8. The summed E-state index contributed by atoms with van der Waals surface area (Å²) >= 11 is 0. The lowest BCUT2D eigenvalue weighted by Gasteiger charge is -2.49. The first kappa shape index (κ1) is 25.4. The van der Waals surface area contributed by atoms with E-state index in [9.17, 15) is 9.59 Å². The number of aromatic nitrogens is 3. The highest BCUT2D eigenvalue weighted by Gasteiger charge is 2.46. The van der Waals surface area contributed by atoms with E-state index in [1.165, 1.54) is 0 Å². The van der Waals surface area contributed by atoms with Crippen LogP contribution < -0.4 is 15.1 Å². The number of alkyl carbamates (subject to hydrolysis) is 1. The van der Waals surface area contributed by atoms with Gasteiger partial charge in [0.1, 0.15) is 22.7 Å². The molecule has 3 fully saturated rings. The van der Waals surface area contributed by atoms with Gasteiger partial charge in [-0.05, 0) is 67.4 Å². The Morgan fingerprint density at radius 3 is 2.22 bits per heavy atom. The number of nitrogens with zero attached hydrogens (tertiary/aromatic N) is 5. The maximum Gasteiger partial charge on any atom is 0.410 e. The highest BCUT2D eigenvalue weighted by Crippen LogP contribution is 2.36. The van der Waals surface area contributed by atoms with Crippen LogP contribution in [0.2, 0.25) is 0 Å². The molecule has 2 aromatic rings. The van der Waals surface area contributed by atoms with E-state index in [1.54, 1.807) is 0 Å². The van der Waals surface area contributed by atoms with Gasteiger partial charge in [0, 0.05) is 32.4 Å². The van der Waals surface area contributed by atoms with Crippen LogP contribution in [0.4, 0.5) is 21.4 Å². The Labute approximate surface area is 217 Å². The number of piperazine rings is 1. The van der Waals surface area contributed by atoms with Gasteiger partial charge in [-0.2, -0.15) is 9.97 Å². The number of H-pyrrole nitrogens is 1. The normalized spacial score (nSPS) is 23.2. The van der Waals surface area contributed by atoms with Crippen molar-refractivity contribution >= 4 is 35.0 Å². The number of nitrogens with one attached hydrogen (secondary N) is 2. The number of anilines is 2. The molecular formula is C26H39N7O4. The molecule has 11 nitrogen and oxygen atoms in total. The first-order valence-electron chi connectivity index (χ1n) is 13.1. The standard InChI is InChI=1S/C26H39N7O4/c1-24(2,3)36-22(34)30-26(7)14-32(15-26)20-18-10-11-27-19(18)28-21(29-20)31-12-16-8-9-17(13-31)33(16)23(35)37-25(4,5)6/h10-11,16-17H,8-9,12-15H2,1-7H3,(H,30,34)(H,27,28,29)/t16-,17+. The zero-order chi connectivity index (χ0) is 26.8. The minimum absolute atomic E-state index is 0.0744. The highest BCUT2D eigenvalue weighted by atomic mass is 16.6. The Morgan fingerprint density at radius 1 is 1.00 bits per heavy atom. The summed E-state index contributed by atoms with van der Waals surface area (Å²) in [5.41, 5.74) is -0.700. The smallest absolute Gasteiger partial charge is 0.410 e. The van der Waals surface area contributed by atoms with Crippen LogP contribution in [0.25, 0.3) is 11.0 Å². The fourth-order valence-corrected chi connectivity index (χ4v) is 5.55. The molecule has 0 unspecified atom stereocenters. The number of aromatic amines is 1. The zero-order valence-corrected chi connectivity index (χ0v) is 22.9. The highest BCUT2D eigenvalue weighted by molar-refractivity contribution is 5.89. The van der Waals surface area contributed by atoms with Crippen molar-refractivity contribution < 1.29 is 19.1 Å². The lowest BCUT2D eigenvalue weighted by Crippen LogP contribution is -2.69. The van der Waals surface area contributed by atoms with Crippen molar-refractivity contribution in [3.8, 4) is 0 Å². The zero-order valence-electron chi connectivity index (χ0n) is 22.9. The molecule has 0 aliphatic carbocycles. The third kappa shape index (κ3) is 5.26. The van der Waals surface area contributed by atoms with Gasteiger partial charge >= 0.3 is 12.2 Å². The summed E-state index contributed by atoms with van der Waals surface area (Å²) in [5.74, 6) is 1.49. The Kier molecular flexibility index (Phi) is 5.95. The van der Waals surface area contributed by atoms with Crippen LogP contribution in [0.1, 0.15) is 61.3 Å². The van der Waals surface area contributed by atoms with E-state index in [2.05, 4.69) is 20.1 Å². The minimum atomic E-state index is -0.546. The van der Waals surface area contributed by atoms with Gasteiger partial charge in [-0.25, -0.2) is 9.59 Å². The second kappa shape index (κ2) is 8.66. The van der Waals surface area contributed by atoms with E-state index < -0.39 is 22.8 Å². The van der Waals surface area contributed by atoms with Crippen molar-refractivity contribution in [2.24, 2.45) is 0 Å². The molecule has 3 aliphatic heterocycles. The fraction of sp³-hybridized carbons (Fsp3) is 0.692. The quantitative estimate of drug-likeness (QED) is 0.639. The van der Waals surface area contributed by atoms with Crippen LogP contribution in [0.5, 0.6) is 0 Å². The monoisotopic (exact) mass is 513 g/mol. The molecule has 5 heterocycles. The second-order valence-electron chi connectivity index (χ2n) is 12.8. The molecule has 0 saturated carbocycles. The van der Waals surface area contributed by atoms with E-state index >= 15 is 0 Å². The van der Waals surface area contributed by atoms with Gasteiger partial charge in [-0.3, -0.25) is 4.90 Å². The molecule has 0 aromatic carbocycles. The van der Waals surface area contributed by atoms with Gasteiger partial charge < -0.3 is 29.6 Å². The average molecular weight is 514 g/mol. The van der Waals surface area contributed by atoms with Gasteiger partial charge in [0.05, 0.1) is 23.0 Å². The molecule has 37 heavy (non-hydrogen) atoms.